The van der Waals surface area contributed by atoms with Crippen LogP contribution in [0.25, 0.3) is 0 Å². The van der Waals surface area contributed by atoms with E-state index in [2.05, 4.69) is 9.47 Å². The summed E-state index contributed by atoms with van der Waals surface area (Å²) >= 11 is 0. The van der Waals surface area contributed by atoms with Gasteiger partial charge in [-0.1, -0.05) is 0 Å². The number of rotatable bonds is 4. The lowest BCUT2D eigenvalue weighted by Crippen LogP contribution is -2.19. The predicted octanol–water partition coefficient (Wildman–Crippen LogP) is -0.360. The normalized spacial score (nSPS) is 13.9. The first-order valence-corrected chi connectivity index (χ1v) is 2.47. The van der Waals surface area contributed by atoms with Crippen LogP contribution in [0.4, 0.5) is 0 Å². The van der Waals surface area contributed by atoms with E-state index >= 15 is 0 Å². The van der Waals surface area contributed by atoms with E-state index < -0.39 is 6.10 Å². The summed E-state index contributed by atoms with van der Waals surface area (Å²) in [5.41, 5.74) is 0. The van der Waals surface area contributed by atoms with Crippen molar-refractivity contribution in [3.63, 3.8) is 0 Å². The van der Waals surface area contributed by atoms with Crippen molar-refractivity contribution in [1.29, 1.82) is 0 Å². The van der Waals surface area contributed by atoms with E-state index in [1.54, 1.807) is 14.2 Å². The molecule has 0 aromatic heterocycles. The smallest absolute Gasteiger partial charge is 0.101 e. The Bertz CT molecular complexity index is 40.9. The first-order valence-electron chi connectivity index (χ1n) is 2.47. The monoisotopic (exact) mass is 121 g/mol. The molecule has 0 heterocycles. The molecule has 3 nitrogen and oxygen atoms in total. The van der Waals surface area contributed by atoms with Gasteiger partial charge in [0.15, 0.2) is 0 Å². The molecule has 50 valence electrons. The third-order valence-corrected chi connectivity index (χ3v) is 0.718. The molecule has 0 amide bonds. The van der Waals surface area contributed by atoms with E-state index in [-0.39, 0.29) is 0 Å². The summed E-state index contributed by atoms with van der Waals surface area (Å²) in [6.07, 6.45) is -0.481. The molecule has 0 aromatic carbocycles. The van der Waals surface area contributed by atoms with E-state index in [1.165, 1.54) is 0 Å². The van der Waals surface area contributed by atoms with Gasteiger partial charge in [-0.15, -0.1) is 0 Å². The molecule has 1 N–H and O–H groups in total. The third kappa shape index (κ3) is 4.05. The zero-order valence-electron chi connectivity index (χ0n) is 5.26. The minimum absolute atomic E-state index is 0.341. The van der Waals surface area contributed by atoms with E-state index in [4.69, 9.17) is 5.11 Å². The first-order chi connectivity index (χ1) is 3.81. The lowest BCUT2D eigenvalue weighted by Gasteiger charge is -2.05. The summed E-state index contributed by atoms with van der Waals surface area (Å²) in [6, 6.07) is 0. The molecule has 0 rings (SSSR count). The van der Waals surface area contributed by atoms with Crippen LogP contribution < -0.4 is 0 Å². The quantitative estimate of drug-likeness (QED) is 0.516. The van der Waals surface area contributed by atoms with E-state index in [0.717, 1.165) is 0 Å². The molecular weight excluding hydrogens is 109 g/mol. The zero-order valence-corrected chi connectivity index (χ0v) is 5.26. The Hall–Kier alpha value is -0.120. The molecule has 0 saturated heterocycles. The summed E-state index contributed by atoms with van der Waals surface area (Å²) in [6.45, 7) is 0.682. The van der Waals surface area contributed by atoms with Crippen molar-refractivity contribution in [2.45, 2.75) is 6.10 Å². The molecule has 0 aliphatic heterocycles. The third-order valence-electron chi connectivity index (χ3n) is 0.718. The Morgan fingerprint density at radius 2 is 1.62 bits per heavy atom. The molecule has 1 atom stereocenters. The minimum Gasteiger partial charge on any atom is -0.388 e. The van der Waals surface area contributed by atoms with Crippen LogP contribution in [0.5, 0.6) is 0 Å². The van der Waals surface area contributed by atoms with Crippen molar-refractivity contribution in [3.05, 3.63) is 0 Å². The van der Waals surface area contributed by atoms with Gasteiger partial charge in [-0.25, -0.2) is 0 Å². The minimum atomic E-state index is -0.481. The Morgan fingerprint density at radius 1 is 1.25 bits per heavy atom. The van der Waals surface area contributed by atoms with Crippen LogP contribution in [0.1, 0.15) is 0 Å². The van der Waals surface area contributed by atoms with Gasteiger partial charge >= 0.3 is 0 Å². The van der Waals surface area contributed by atoms with Gasteiger partial charge in [-0.05, 0) is 0 Å². The van der Waals surface area contributed by atoms with Gasteiger partial charge in [0, 0.05) is 14.2 Å². The Morgan fingerprint density at radius 3 is 1.88 bits per heavy atom. The second-order valence-corrected chi connectivity index (χ2v) is 1.56. The summed E-state index contributed by atoms with van der Waals surface area (Å²) in [5.74, 6) is 0. The maximum atomic E-state index is 8.80. The maximum Gasteiger partial charge on any atom is 0.101 e. The van der Waals surface area contributed by atoms with Crippen molar-refractivity contribution in [2.75, 3.05) is 27.4 Å². The van der Waals surface area contributed by atoms with Crippen LogP contribution in [0.3, 0.4) is 0 Å². The Labute approximate surface area is 49.2 Å². The largest absolute Gasteiger partial charge is 0.388 e. The summed E-state index contributed by atoms with van der Waals surface area (Å²) in [5, 5.41) is 8.80. The molecule has 0 fully saturated rings. The topological polar surface area (TPSA) is 38.7 Å². The van der Waals surface area contributed by atoms with Gasteiger partial charge in [0.25, 0.3) is 0 Å². The van der Waals surface area contributed by atoms with Crippen molar-refractivity contribution in [3.8, 4) is 0 Å². The highest BCUT2D eigenvalue weighted by atomic mass is 16.5. The van der Waals surface area contributed by atoms with Gasteiger partial charge in [0.1, 0.15) is 6.10 Å². The van der Waals surface area contributed by atoms with E-state index in [9.17, 15) is 0 Å². The fraction of sp³-hybridized carbons (Fsp3) is 1.00. The zero-order chi connectivity index (χ0) is 6.41. The van der Waals surface area contributed by atoms with Crippen molar-refractivity contribution in [2.24, 2.45) is 0 Å². The summed E-state index contributed by atoms with van der Waals surface area (Å²) in [4.78, 5) is 0. The van der Waals surface area contributed by atoms with Crippen LogP contribution in [-0.2, 0) is 9.47 Å². The van der Waals surface area contributed by atoms with Crippen LogP contribution in [0.2, 0.25) is 0 Å². The van der Waals surface area contributed by atoms with Crippen LogP contribution in [0.15, 0.2) is 0 Å². The van der Waals surface area contributed by atoms with Crippen LogP contribution in [-0.4, -0.2) is 38.6 Å². The molecule has 0 spiro atoms. The average molecular weight is 121 g/mol. The van der Waals surface area contributed by atoms with Gasteiger partial charge in [0.2, 0.25) is 0 Å². The summed E-state index contributed by atoms with van der Waals surface area (Å²) < 4.78 is 9.25. The molecule has 0 bridgehead atoms. The molecule has 0 aliphatic carbocycles. The van der Waals surface area contributed by atoms with E-state index in [1.807, 2.05) is 0 Å². The van der Waals surface area contributed by atoms with Crippen molar-refractivity contribution in [1.82, 2.24) is 0 Å². The van der Waals surface area contributed by atoms with Gasteiger partial charge in [-0.2, -0.15) is 0 Å². The molecule has 1 unspecified atom stereocenters. The predicted molar refractivity (Wildman–Crippen MR) is 29.8 cm³/mol. The molecule has 3 heteroatoms. The van der Waals surface area contributed by atoms with Crippen LogP contribution >= 0.6 is 0 Å². The van der Waals surface area contributed by atoms with E-state index in [0.29, 0.717) is 13.2 Å². The second-order valence-electron chi connectivity index (χ2n) is 1.56. The van der Waals surface area contributed by atoms with Crippen LogP contribution in [0, 0.1) is 0 Å². The number of hydrogen-bond acceptors (Lipinski definition) is 3. The lowest BCUT2D eigenvalue weighted by molar-refractivity contribution is 0.00980. The SMILES string of the molecule is COCC(O)CO[13CH3]. The lowest BCUT2D eigenvalue weighted by atomic mass is 10.4. The summed E-state index contributed by atoms with van der Waals surface area (Å²) in [7, 11) is 3.08. The van der Waals surface area contributed by atoms with Gasteiger partial charge < -0.3 is 14.6 Å². The average Bonchev–Trinajstić information content (AvgIpc) is 1.68. The first kappa shape index (κ1) is 7.88. The molecule has 0 radical (unpaired) electrons. The number of hydrogen-bond donors (Lipinski definition) is 1. The Balaban J connectivity index is 2.92. The fourth-order valence-electron chi connectivity index (χ4n) is 0.433. The Kier molecular flexibility index (Phi) is 4.95. The van der Waals surface area contributed by atoms with Gasteiger partial charge in [0.05, 0.1) is 13.2 Å². The maximum absolute atomic E-state index is 8.80. The van der Waals surface area contributed by atoms with Gasteiger partial charge in [-0.3, -0.25) is 0 Å². The van der Waals surface area contributed by atoms with Crippen molar-refractivity contribution >= 4 is 0 Å². The number of aliphatic hydroxyl groups is 1. The second kappa shape index (κ2) is 5.03. The molecular formula is C5H12O3. The molecule has 0 aromatic rings. The fourth-order valence-corrected chi connectivity index (χ4v) is 0.433. The standard InChI is InChI=1S/C5H12O3/c1-7-3-5(6)4-8-2/h5-6H,3-4H2,1-2H3/i1+1. The van der Waals surface area contributed by atoms with Crippen molar-refractivity contribution < 1.29 is 14.6 Å². The number of aliphatic hydroxyl groups excluding tert-OH is 1. The highest BCUT2D eigenvalue weighted by Crippen LogP contribution is 1.82. The molecule has 0 saturated carbocycles. The molecule has 0 aliphatic rings. The molecule has 8 heavy (non-hydrogen) atoms. The highest BCUT2D eigenvalue weighted by molar-refractivity contribution is 4.47. The number of ether oxygens (including phenoxy) is 2. The number of methoxy groups -OCH3 is 2. The highest BCUT2D eigenvalue weighted by Gasteiger charge is 1.99.